The Hall–Kier alpha value is -2.74. The van der Waals surface area contributed by atoms with Gasteiger partial charge < -0.3 is 10.1 Å². The Bertz CT molecular complexity index is 801. The average Bonchev–Trinajstić information content (AvgIpc) is 2.98. The molecule has 1 aromatic rings. The fourth-order valence-electron chi connectivity index (χ4n) is 2.54. The van der Waals surface area contributed by atoms with Gasteiger partial charge in [-0.2, -0.15) is 4.99 Å². The molecule has 0 radical (unpaired) electrons. The van der Waals surface area contributed by atoms with Gasteiger partial charge in [0, 0.05) is 5.02 Å². The third-order valence-corrected chi connectivity index (χ3v) is 4.04. The van der Waals surface area contributed by atoms with Crippen LogP contribution in [0.5, 0.6) is 5.75 Å². The highest BCUT2D eigenvalue weighted by atomic mass is 35.5. The molecule has 2 amide bonds. The van der Waals surface area contributed by atoms with Gasteiger partial charge in [0.15, 0.2) is 0 Å². The summed E-state index contributed by atoms with van der Waals surface area (Å²) in [5.74, 6) is 0.753. The Morgan fingerprint density at radius 3 is 2.88 bits per heavy atom. The summed E-state index contributed by atoms with van der Waals surface area (Å²) in [6.45, 7) is 3.77. The zero-order valence-corrected chi connectivity index (χ0v) is 14.8. The van der Waals surface area contributed by atoms with Crippen molar-refractivity contribution in [2.75, 3.05) is 12.4 Å². The molecule has 0 saturated carbocycles. The number of carbonyl (C=O) groups excluding carboxylic acids is 2. The molecule has 1 saturated heterocycles. The summed E-state index contributed by atoms with van der Waals surface area (Å²) < 4.78 is 5.23. The molecule has 2 aliphatic heterocycles. The number of halogens is 1. The first-order chi connectivity index (χ1) is 11.9. The maximum absolute atomic E-state index is 12.8. The minimum Gasteiger partial charge on any atom is -0.495 e. The molecule has 132 valence electrons. The summed E-state index contributed by atoms with van der Waals surface area (Å²) in [5.41, 5.74) is 4.42. The summed E-state index contributed by atoms with van der Waals surface area (Å²) in [4.78, 5) is 29.0. The molecule has 3 N–H and O–H groups in total. The molecular formula is C16H18ClN5O3. The second kappa shape index (κ2) is 6.64. The van der Waals surface area contributed by atoms with E-state index in [2.05, 4.69) is 21.1 Å². The Morgan fingerprint density at radius 2 is 2.20 bits per heavy atom. The molecular weight excluding hydrogens is 346 g/mol. The van der Waals surface area contributed by atoms with Crippen LogP contribution < -0.4 is 20.8 Å². The molecule has 0 aromatic heterocycles. The first-order valence-electron chi connectivity index (χ1n) is 7.65. The van der Waals surface area contributed by atoms with Gasteiger partial charge in [0.1, 0.15) is 17.6 Å². The number of aliphatic imine (C=N–C) groups is 1. The average molecular weight is 364 g/mol. The van der Waals surface area contributed by atoms with Crippen LogP contribution in [0.1, 0.15) is 20.3 Å². The Labute approximate surface area is 149 Å². The van der Waals surface area contributed by atoms with E-state index in [4.69, 9.17) is 16.3 Å². The lowest BCUT2D eigenvalue weighted by Crippen LogP contribution is -2.61. The van der Waals surface area contributed by atoms with Crippen molar-refractivity contribution in [1.29, 1.82) is 0 Å². The van der Waals surface area contributed by atoms with Gasteiger partial charge in [-0.15, -0.1) is 0 Å². The minimum atomic E-state index is -0.756. The number of guanidine groups is 1. The van der Waals surface area contributed by atoms with Crippen molar-refractivity contribution in [2.45, 2.75) is 26.3 Å². The van der Waals surface area contributed by atoms with E-state index in [1.165, 1.54) is 7.11 Å². The number of nitrogens with zero attached hydrogens (tertiary/aromatic N) is 2. The van der Waals surface area contributed by atoms with Gasteiger partial charge >= 0.3 is 0 Å². The number of allylic oxidation sites excluding steroid dienone is 1. The first-order valence-corrected chi connectivity index (χ1v) is 8.03. The van der Waals surface area contributed by atoms with Crippen molar-refractivity contribution in [3.05, 3.63) is 34.6 Å². The molecule has 0 aliphatic carbocycles. The normalized spacial score (nSPS) is 18.8. The monoisotopic (exact) mass is 363 g/mol. The van der Waals surface area contributed by atoms with Gasteiger partial charge in [0.25, 0.3) is 0 Å². The second-order valence-corrected chi connectivity index (χ2v) is 6.30. The van der Waals surface area contributed by atoms with Crippen LogP contribution in [0.3, 0.4) is 0 Å². The highest BCUT2D eigenvalue weighted by molar-refractivity contribution is 6.31. The lowest BCUT2D eigenvalue weighted by atomic mass is 10.1. The Morgan fingerprint density at radius 1 is 1.44 bits per heavy atom. The number of carbonyl (C=O) groups is 2. The number of hydrogen-bond acceptors (Lipinski definition) is 6. The van der Waals surface area contributed by atoms with E-state index >= 15 is 0 Å². The third-order valence-electron chi connectivity index (χ3n) is 3.81. The van der Waals surface area contributed by atoms with E-state index in [1.807, 2.05) is 13.8 Å². The van der Waals surface area contributed by atoms with Crippen molar-refractivity contribution >= 4 is 35.1 Å². The Balaban J connectivity index is 1.85. The van der Waals surface area contributed by atoms with Gasteiger partial charge in [-0.05, 0) is 37.6 Å². The zero-order valence-electron chi connectivity index (χ0n) is 14.0. The van der Waals surface area contributed by atoms with Crippen molar-refractivity contribution < 1.29 is 14.3 Å². The molecule has 25 heavy (non-hydrogen) atoms. The number of anilines is 1. The van der Waals surface area contributed by atoms with Crippen molar-refractivity contribution in [3.8, 4) is 5.75 Å². The predicted molar refractivity (Wildman–Crippen MR) is 94.0 cm³/mol. The molecule has 0 bridgehead atoms. The van der Waals surface area contributed by atoms with Crippen molar-refractivity contribution in [1.82, 2.24) is 15.8 Å². The van der Waals surface area contributed by atoms with Crippen LogP contribution in [0.2, 0.25) is 5.02 Å². The number of rotatable bonds is 3. The molecule has 2 aliphatic rings. The number of ether oxygens (including phenoxy) is 1. The molecule has 8 nitrogen and oxygen atoms in total. The number of nitrogens with one attached hydrogen (secondary N) is 3. The highest BCUT2D eigenvalue weighted by Gasteiger charge is 2.39. The van der Waals surface area contributed by atoms with Crippen LogP contribution in [0.4, 0.5) is 5.69 Å². The largest absolute Gasteiger partial charge is 0.495 e. The van der Waals surface area contributed by atoms with Crippen LogP contribution in [0.25, 0.3) is 0 Å². The standard InChI is InChI=1S/C16H18ClN5O3/c1-8(2)14-20-16-19-13(23)7-11(22(16)21-14)15(24)18-10-6-9(17)4-5-12(10)25-3/h4-6,11,21H,7H2,1-3H3,(H,18,24)(H,19,20,23)/t11-/m1/s1. The summed E-state index contributed by atoms with van der Waals surface area (Å²) in [5, 5.41) is 7.44. The number of amides is 2. The SMILES string of the molecule is COc1ccc(Cl)cc1NC(=O)[C@H]1CC(=O)NC2=NC(=C(C)C)NN21. The van der Waals surface area contributed by atoms with Gasteiger partial charge in [-0.1, -0.05) is 11.6 Å². The van der Waals surface area contributed by atoms with E-state index in [0.29, 0.717) is 28.2 Å². The zero-order chi connectivity index (χ0) is 18.1. The first kappa shape index (κ1) is 17.1. The van der Waals surface area contributed by atoms with E-state index < -0.39 is 6.04 Å². The van der Waals surface area contributed by atoms with Crippen LogP contribution in [-0.4, -0.2) is 35.9 Å². The molecule has 1 aromatic carbocycles. The maximum atomic E-state index is 12.8. The molecule has 1 atom stereocenters. The topological polar surface area (TPSA) is 95.1 Å². The minimum absolute atomic E-state index is 0.00320. The van der Waals surface area contributed by atoms with E-state index in [1.54, 1.807) is 23.2 Å². The quantitative estimate of drug-likeness (QED) is 0.758. The van der Waals surface area contributed by atoms with E-state index in [0.717, 1.165) is 5.57 Å². The number of hydrazine groups is 1. The molecule has 9 heteroatoms. The second-order valence-electron chi connectivity index (χ2n) is 5.87. The van der Waals surface area contributed by atoms with E-state index in [9.17, 15) is 9.59 Å². The number of hydrogen-bond donors (Lipinski definition) is 3. The third kappa shape index (κ3) is 3.39. The van der Waals surface area contributed by atoms with Crippen molar-refractivity contribution in [3.63, 3.8) is 0 Å². The molecule has 0 unspecified atom stereocenters. The number of fused-ring (bicyclic) bond motifs is 1. The van der Waals surface area contributed by atoms with Crippen molar-refractivity contribution in [2.24, 2.45) is 4.99 Å². The van der Waals surface area contributed by atoms with Crippen LogP contribution in [-0.2, 0) is 9.59 Å². The fraction of sp³-hybridized carbons (Fsp3) is 0.312. The number of methoxy groups -OCH3 is 1. The summed E-state index contributed by atoms with van der Waals surface area (Å²) in [6.07, 6.45) is -0.00320. The molecule has 3 rings (SSSR count). The highest BCUT2D eigenvalue weighted by Crippen LogP contribution is 2.28. The lowest BCUT2D eigenvalue weighted by Gasteiger charge is -2.32. The molecule has 0 spiro atoms. The Kier molecular flexibility index (Phi) is 4.54. The molecule has 1 fully saturated rings. The fourth-order valence-corrected chi connectivity index (χ4v) is 2.71. The maximum Gasteiger partial charge on any atom is 0.249 e. The van der Waals surface area contributed by atoms with Crippen LogP contribution >= 0.6 is 11.6 Å². The smallest absolute Gasteiger partial charge is 0.249 e. The van der Waals surface area contributed by atoms with Gasteiger partial charge in [0.05, 0.1) is 19.2 Å². The summed E-state index contributed by atoms with van der Waals surface area (Å²) in [6, 6.07) is 4.16. The number of benzene rings is 1. The summed E-state index contributed by atoms with van der Waals surface area (Å²) >= 11 is 5.99. The van der Waals surface area contributed by atoms with Gasteiger partial charge in [0.2, 0.25) is 17.8 Å². The van der Waals surface area contributed by atoms with E-state index in [-0.39, 0.29) is 18.2 Å². The van der Waals surface area contributed by atoms with Gasteiger partial charge in [-0.25, -0.2) is 5.01 Å². The summed E-state index contributed by atoms with van der Waals surface area (Å²) in [7, 11) is 1.50. The lowest BCUT2D eigenvalue weighted by molar-refractivity contribution is -0.129. The van der Waals surface area contributed by atoms with Gasteiger partial charge in [-0.3, -0.25) is 20.3 Å². The predicted octanol–water partition coefficient (Wildman–Crippen LogP) is 1.60. The molecule has 2 heterocycles. The van der Waals surface area contributed by atoms with Crippen LogP contribution in [0, 0.1) is 0 Å². The van der Waals surface area contributed by atoms with Crippen LogP contribution in [0.15, 0.2) is 34.6 Å².